The Morgan fingerprint density at radius 1 is 1.31 bits per heavy atom. The molecule has 0 fully saturated rings. The van der Waals surface area contributed by atoms with Crippen LogP contribution in [-0.4, -0.2) is 59.4 Å². The number of rotatable bonds is 3. The van der Waals surface area contributed by atoms with Gasteiger partial charge in [0.25, 0.3) is 5.91 Å². The molecule has 0 aromatic rings. The summed E-state index contributed by atoms with van der Waals surface area (Å²) in [5.41, 5.74) is -0.616. The number of aliphatic imine (C=N–C) groups is 1. The number of carboxylic acid groups (broad SMARTS) is 1. The van der Waals surface area contributed by atoms with Crippen molar-refractivity contribution in [2.75, 3.05) is 20.6 Å². The van der Waals surface area contributed by atoms with Crippen molar-refractivity contribution in [2.24, 2.45) is 4.99 Å². The zero-order valence-corrected chi connectivity index (χ0v) is 10.4. The van der Waals surface area contributed by atoms with E-state index in [1.165, 1.54) is 6.34 Å². The summed E-state index contributed by atoms with van der Waals surface area (Å²) in [6.45, 7) is 4.95. The van der Waals surface area contributed by atoms with Crippen molar-refractivity contribution in [3.05, 3.63) is 0 Å². The zero-order valence-electron chi connectivity index (χ0n) is 10.4. The van der Waals surface area contributed by atoms with E-state index in [0.717, 1.165) is 4.90 Å². The molecular weight excluding hydrogens is 210 g/mol. The highest BCUT2D eigenvalue weighted by molar-refractivity contribution is 5.87. The normalized spacial score (nSPS) is 11.6. The molecule has 92 valence electrons. The molecule has 1 N–H and O–H groups in total. The fraction of sp³-hybridized carbons (Fsp3) is 0.700. The summed E-state index contributed by atoms with van der Waals surface area (Å²) in [7, 11) is 3.46. The molecule has 0 unspecified atom stereocenters. The number of amides is 2. The van der Waals surface area contributed by atoms with Crippen LogP contribution in [0.4, 0.5) is 4.79 Å². The number of hydrogen-bond acceptors (Lipinski definition) is 2. The van der Waals surface area contributed by atoms with E-state index in [1.807, 2.05) is 0 Å². The van der Waals surface area contributed by atoms with Gasteiger partial charge < -0.3 is 10.0 Å². The molecule has 0 rings (SSSR count). The van der Waals surface area contributed by atoms with E-state index in [2.05, 4.69) is 4.99 Å². The van der Waals surface area contributed by atoms with Crippen LogP contribution in [-0.2, 0) is 4.79 Å². The molecule has 0 aromatic heterocycles. The molecule has 0 heterocycles. The van der Waals surface area contributed by atoms with Gasteiger partial charge in [0.05, 0.1) is 6.34 Å². The van der Waals surface area contributed by atoms with Gasteiger partial charge in [-0.25, -0.2) is 9.79 Å². The first-order chi connectivity index (χ1) is 7.14. The predicted octanol–water partition coefficient (Wildman–Crippen LogP) is 0.881. The van der Waals surface area contributed by atoms with Gasteiger partial charge in [-0.05, 0) is 20.8 Å². The molecular formula is C10H19N3O3. The second-order valence-corrected chi connectivity index (χ2v) is 4.64. The van der Waals surface area contributed by atoms with Gasteiger partial charge >= 0.3 is 6.09 Å². The lowest BCUT2D eigenvalue weighted by atomic mass is 10.1. The van der Waals surface area contributed by atoms with Crippen molar-refractivity contribution >= 4 is 18.3 Å². The van der Waals surface area contributed by atoms with E-state index >= 15 is 0 Å². The lowest BCUT2D eigenvalue weighted by Gasteiger charge is -2.31. The second kappa shape index (κ2) is 5.48. The highest BCUT2D eigenvalue weighted by atomic mass is 16.4. The van der Waals surface area contributed by atoms with Gasteiger partial charge in [0.15, 0.2) is 0 Å². The van der Waals surface area contributed by atoms with Crippen molar-refractivity contribution < 1.29 is 14.7 Å². The molecule has 0 aliphatic carbocycles. The van der Waals surface area contributed by atoms with Crippen LogP contribution in [0, 0.1) is 0 Å². The average Bonchev–Trinajstić information content (AvgIpc) is 2.08. The maximum Gasteiger partial charge on any atom is 0.408 e. The first-order valence-electron chi connectivity index (χ1n) is 4.88. The fourth-order valence-corrected chi connectivity index (χ4v) is 0.948. The van der Waals surface area contributed by atoms with E-state index in [9.17, 15) is 9.59 Å². The zero-order chi connectivity index (χ0) is 12.9. The summed E-state index contributed by atoms with van der Waals surface area (Å²) in [6, 6.07) is 0. The Balaban J connectivity index is 4.55. The topological polar surface area (TPSA) is 73.2 Å². The van der Waals surface area contributed by atoms with Gasteiger partial charge in [-0.3, -0.25) is 9.69 Å². The molecule has 0 atom stereocenters. The van der Waals surface area contributed by atoms with Crippen molar-refractivity contribution in [3.8, 4) is 0 Å². The average molecular weight is 229 g/mol. The molecule has 6 nitrogen and oxygen atoms in total. The van der Waals surface area contributed by atoms with Crippen LogP contribution >= 0.6 is 0 Å². The Morgan fingerprint density at radius 3 is 2.12 bits per heavy atom. The quantitative estimate of drug-likeness (QED) is 0.576. The van der Waals surface area contributed by atoms with Gasteiger partial charge in [0, 0.05) is 19.6 Å². The minimum atomic E-state index is -1.12. The molecule has 16 heavy (non-hydrogen) atoms. The lowest BCUT2D eigenvalue weighted by Crippen LogP contribution is -2.47. The fourth-order valence-electron chi connectivity index (χ4n) is 0.948. The third kappa shape index (κ3) is 5.33. The van der Waals surface area contributed by atoms with Crippen molar-refractivity contribution in [1.29, 1.82) is 0 Å². The Kier molecular flexibility index (Phi) is 4.94. The lowest BCUT2D eigenvalue weighted by molar-refractivity contribution is -0.119. The van der Waals surface area contributed by atoms with Crippen molar-refractivity contribution in [1.82, 2.24) is 9.80 Å². The monoisotopic (exact) mass is 229 g/mol. The largest absolute Gasteiger partial charge is 0.465 e. The maximum absolute atomic E-state index is 11.4. The Hall–Kier alpha value is -1.59. The minimum Gasteiger partial charge on any atom is -0.465 e. The Labute approximate surface area is 95.6 Å². The molecule has 0 saturated carbocycles. The van der Waals surface area contributed by atoms with Crippen LogP contribution in [0.25, 0.3) is 0 Å². The highest BCUT2D eigenvalue weighted by Gasteiger charge is 2.27. The van der Waals surface area contributed by atoms with E-state index in [-0.39, 0.29) is 6.54 Å². The highest BCUT2D eigenvalue weighted by Crippen LogP contribution is 2.12. The summed E-state index contributed by atoms with van der Waals surface area (Å²) >= 11 is 0. The smallest absolute Gasteiger partial charge is 0.408 e. The number of carbonyl (C=O) groups excluding carboxylic acids is 1. The van der Waals surface area contributed by atoms with Gasteiger partial charge in [-0.1, -0.05) is 0 Å². The van der Waals surface area contributed by atoms with Gasteiger partial charge in [-0.15, -0.1) is 0 Å². The molecule has 0 bridgehead atoms. The SMILES string of the molecule is CN(C)/C=N/C(=O)CN(C(=O)O)C(C)(C)C. The second-order valence-electron chi connectivity index (χ2n) is 4.64. The van der Waals surface area contributed by atoms with Gasteiger partial charge in [0.2, 0.25) is 0 Å². The minimum absolute atomic E-state index is 0.233. The Bertz CT molecular complexity index is 292. The molecule has 0 aliphatic rings. The van der Waals surface area contributed by atoms with E-state index in [0.29, 0.717) is 0 Å². The first-order valence-corrected chi connectivity index (χ1v) is 4.88. The van der Waals surface area contributed by atoms with Crippen LogP contribution in [0.5, 0.6) is 0 Å². The van der Waals surface area contributed by atoms with Gasteiger partial charge in [-0.2, -0.15) is 0 Å². The number of hydrogen-bond donors (Lipinski definition) is 1. The van der Waals surface area contributed by atoms with Gasteiger partial charge in [0.1, 0.15) is 6.54 Å². The molecule has 2 amide bonds. The standard InChI is InChI=1S/C10H19N3O3/c1-10(2,3)13(9(15)16)6-8(14)11-7-12(4)5/h7H,6H2,1-5H3,(H,15,16)/b11-7+. The maximum atomic E-state index is 11.4. The molecule has 0 radical (unpaired) electrons. The molecule has 0 aliphatic heterocycles. The van der Waals surface area contributed by atoms with Crippen LogP contribution in [0.1, 0.15) is 20.8 Å². The summed E-state index contributed by atoms with van der Waals surface area (Å²) < 4.78 is 0. The van der Waals surface area contributed by atoms with E-state index < -0.39 is 17.5 Å². The van der Waals surface area contributed by atoms with Crippen LogP contribution in [0.3, 0.4) is 0 Å². The van der Waals surface area contributed by atoms with Crippen LogP contribution in [0.2, 0.25) is 0 Å². The molecule has 6 heteroatoms. The van der Waals surface area contributed by atoms with E-state index in [4.69, 9.17) is 5.11 Å². The van der Waals surface area contributed by atoms with Crippen molar-refractivity contribution in [3.63, 3.8) is 0 Å². The summed E-state index contributed by atoms with van der Waals surface area (Å²) in [5.74, 6) is -0.481. The third-order valence-electron chi connectivity index (χ3n) is 1.77. The van der Waals surface area contributed by atoms with Crippen molar-refractivity contribution in [2.45, 2.75) is 26.3 Å². The Morgan fingerprint density at radius 2 is 1.81 bits per heavy atom. The van der Waals surface area contributed by atoms with E-state index in [1.54, 1.807) is 39.8 Å². The molecule has 0 aromatic carbocycles. The molecule has 0 saturated heterocycles. The van der Waals surface area contributed by atoms with Crippen LogP contribution in [0.15, 0.2) is 4.99 Å². The van der Waals surface area contributed by atoms with Crippen LogP contribution < -0.4 is 0 Å². The molecule has 0 spiro atoms. The predicted molar refractivity (Wildman–Crippen MR) is 61.7 cm³/mol. The summed E-state index contributed by atoms with van der Waals surface area (Å²) in [5, 5.41) is 8.95. The summed E-state index contributed by atoms with van der Waals surface area (Å²) in [4.78, 5) is 28.6. The first kappa shape index (κ1) is 14.4. The number of nitrogens with zero attached hydrogens (tertiary/aromatic N) is 3. The number of carbonyl (C=O) groups is 2. The third-order valence-corrected chi connectivity index (χ3v) is 1.77. The summed E-state index contributed by atoms with van der Waals surface area (Å²) in [6.07, 6.45) is 0.228.